The molecule has 1 unspecified atom stereocenters. The van der Waals surface area contributed by atoms with E-state index in [0.29, 0.717) is 12.1 Å². The maximum absolute atomic E-state index is 12.2. The Hall–Kier alpha value is -1.93. The van der Waals surface area contributed by atoms with Crippen LogP contribution in [0, 0.1) is 11.8 Å². The number of aliphatic carboxylic acids is 1. The second-order valence-corrected chi connectivity index (χ2v) is 7.49. The largest absolute Gasteiger partial charge is 0.481 e. The number of carbonyl (C=O) groups is 2. The van der Waals surface area contributed by atoms with Crippen LogP contribution >= 0.6 is 0 Å². The normalized spacial score (nSPS) is 12.9. The quantitative estimate of drug-likeness (QED) is 0.665. The second-order valence-electron chi connectivity index (χ2n) is 5.72. The molecule has 1 atom stereocenters. The van der Waals surface area contributed by atoms with Crippen LogP contribution < -0.4 is 10.0 Å². The van der Waals surface area contributed by atoms with E-state index in [0.717, 1.165) is 0 Å². The lowest BCUT2D eigenvalue weighted by Gasteiger charge is -2.15. The summed E-state index contributed by atoms with van der Waals surface area (Å²) in [5.41, 5.74) is 0.486. The third kappa shape index (κ3) is 6.37. The van der Waals surface area contributed by atoms with Crippen LogP contribution in [0.25, 0.3) is 0 Å². The lowest BCUT2D eigenvalue weighted by Crippen LogP contribution is -2.33. The molecule has 1 amide bonds. The fourth-order valence-corrected chi connectivity index (χ4v) is 3.14. The first-order chi connectivity index (χ1) is 10.6. The zero-order valence-corrected chi connectivity index (χ0v) is 14.2. The predicted octanol–water partition coefficient (Wildman–Crippen LogP) is 1.67. The molecule has 128 valence electrons. The van der Waals surface area contributed by atoms with Crippen LogP contribution in [0.1, 0.15) is 27.2 Å². The molecule has 3 N–H and O–H groups in total. The average Bonchev–Trinajstić information content (AvgIpc) is 2.42. The molecule has 1 aromatic rings. The van der Waals surface area contributed by atoms with Crippen LogP contribution in [0.3, 0.4) is 0 Å². The fraction of sp³-hybridized carbons (Fsp3) is 0.467. The smallest absolute Gasteiger partial charge is 0.307 e. The molecule has 0 fully saturated rings. The van der Waals surface area contributed by atoms with Gasteiger partial charge in [-0.15, -0.1) is 0 Å². The number of hydrogen-bond donors (Lipinski definition) is 3. The van der Waals surface area contributed by atoms with E-state index in [4.69, 9.17) is 5.11 Å². The summed E-state index contributed by atoms with van der Waals surface area (Å²) in [6.07, 6.45) is 0.388. The van der Waals surface area contributed by atoms with Crippen molar-refractivity contribution in [2.75, 3.05) is 11.9 Å². The summed E-state index contributed by atoms with van der Waals surface area (Å²) >= 11 is 0. The van der Waals surface area contributed by atoms with E-state index in [1.54, 1.807) is 0 Å². The number of nitrogens with one attached hydrogen (secondary N) is 2. The van der Waals surface area contributed by atoms with Crippen LogP contribution in [0.2, 0.25) is 0 Å². The van der Waals surface area contributed by atoms with Crippen molar-refractivity contribution < 1.29 is 23.1 Å². The van der Waals surface area contributed by atoms with E-state index in [1.165, 1.54) is 31.2 Å². The van der Waals surface area contributed by atoms with Crippen molar-refractivity contribution in [3.8, 4) is 0 Å². The molecule has 7 nitrogen and oxygen atoms in total. The first-order valence-electron chi connectivity index (χ1n) is 7.22. The van der Waals surface area contributed by atoms with Crippen LogP contribution in [0.15, 0.2) is 29.2 Å². The van der Waals surface area contributed by atoms with Crippen molar-refractivity contribution in [1.29, 1.82) is 0 Å². The van der Waals surface area contributed by atoms with E-state index in [9.17, 15) is 18.0 Å². The average molecular weight is 342 g/mol. The number of benzene rings is 1. The summed E-state index contributed by atoms with van der Waals surface area (Å²) in [5, 5.41) is 11.7. The van der Waals surface area contributed by atoms with Gasteiger partial charge in [-0.1, -0.05) is 13.8 Å². The van der Waals surface area contributed by atoms with Gasteiger partial charge in [0.05, 0.1) is 10.8 Å². The van der Waals surface area contributed by atoms with Gasteiger partial charge in [-0.25, -0.2) is 13.1 Å². The van der Waals surface area contributed by atoms with Crippen molar-refractivity contribution in [2.24, 2.45) is 11.8 Å². The van der Waals surface area contributed by atoms with E-state index in [2.05, 4.69) is 10.0 Å². The highest BCUT2D eigenvalue weighted by Crippen LogP contribution is 2.16. The van der Waals surface area contributed by atoms with Crippen molar-refractivity contribution in [3.63, 3.8) is 0 Å². The molecule has 1 rings (SSSR count). The highest BCUT2D eigenvalue weighted by atomic mass is 32.2. The van der Waals surface area contributed by atoms with Crippen molar-refractivity contribution in [3.05, 3.63) is 24.3 Å². The van der Waals surface area contributed by atoms with Gasteiger partial charge in [0.15, 0.2) is 0 Å². The molecular weight excluding hydrogens is 320 g/mol. The van der Waals surface area contributed by atoms with Crippen LogP contribution in [-0.4, -0.2) is 31.9 Å². The van der Waals surface area contributed by atoms with Gasteiger partial charge in [0.2, 0.25) is 15.9 Å². The fourth-order valence-electron chi connectivity index (χ4n) is 2.05. The van der Waals surface area contributed by atoms with Crippen LogP contribution in [0.5, 0.6) is 0 Å². The molecule has 0 saturated heterocycles. The molecule has 0 bridgehead atoms. The zero-order chi connectivity index (χ0) is 17.6. The summed E-state index contributed by atoms with van der Waals surface area (Å²) in [6, 6.07) is 5.65. The molecule has 0 radical (unpaired) electrons. The number of sulfonamides is 1. The molecule has 0 aliphatic carbocycles. The summed E-state index contributed by atoms with van der Waals surface area (Å²) < 4.78 is 26.7. The highest BCUT2D eigenvalue weighted by Gasteiger charge is 2.22. The molecule has 1 aromatic carbocycles. The second kappa shape index (κ2) is 8.07. The summed E-state index contributed by atoms with van der Waals surface area (Å²) in [5.74, 6) is -1.90. The van der Waals surface area contributed by atoms with Gasteiger partial charge in [0, 0.05) is 19.2 Å². The molecular formula is C15H22N2O5S. The van der Waals surface area contributed by atoms with Crippen LogP contribution in [-0.2, 0) is 19.6 Å². The number of carbonyl (C=O) groups excluding carboxylic acids is 1. The maximum atomic E-state index is 12.2. The lowest BCUT2D eigenvalue weighted by molar-refractivity contribution is -0.142. The Balaban J connectivity index is 2.78. The Morgan fingerprint density at radius 1 is 1.17 bits per heavy atom. The molecule has 23 heavy (non-hydrogen) atoms. The van der Waals surface area contributed by atoms with Crippen molar-refractivity contribution in [1.82, 2.24) is 4.72 Å². The molecule has 8 heteroatoms. The monoisotopic (exact) mass is 342 g/mol. The van der Waals surface area contributed by atoms with E-state index in [-0.39, 0.29) is 23.3 Å². The Bertz CT molecular complexity index is 653. The first-order valence-corrected chi connectivity index (χ1v) is 8.70. The number of amides is 1. The zero-order valence-electron chi connectivity index (χ0n) is 13.4. The number of rotatable bonds is 8. The maximum Gasteiger partial charge on any atom is 0.307 e. The summed E-state index contributed by atoms with van der Waals surface area (Å²) in [4.78, 5) is 22.1. The molecule has 0 aromatic heterocycles. The highest BCUT2D eigenvalue weighted by molar-refractivity contribution is 7.89. The van der Waals surface area contributed by atoms with E-state index in [1.807, 2.05) is 13.8 Å². The van der Waals surface area contributed by atoms with Crippen molar-refractivity contribution >= 4 is 27.6 Å². The molecule has 0 aliphatic heterocycles. The van der Waals surface area contributed by atoms with Gasteiger partial charge in [0.25, 0.3) is 0 Å². The Labute approximate surface area is 136 Å². The summed E-state index contributed by atoms with van der Waals surface area (Å²) in [7, 11) is -3.80. The summed E-state index contributed by atoms with van der Waals surface area (Å²) in [6.45, 7) is 4.95. The predicted molar refractivity (Wildman–Crippen MR) is 86.5 cm³/mol. The topological polar surface area (TPSA) is 113 Å². The SMILES string of the molecule is CC(=O)Nc1ccc(S(=O)(=O)NCC(CC(C)C)C(=O)O)cc1. The van der Waals surface area contributed by atoms with E-state index < -0.39 is 21.9 Å². The minimum Gasteiger partial charge on any atom is -0.481 e. The van der Waals surface area contributed by atoms with Gasteiger partial charge < -0.3 is 10.4 Å². The third-order valence-electron chi connectivity index (χ3n) is 3.11. The lowest BCUT2D eigenvalue weighted by atomic mass is 9.98. The van der Waals surface area contributed by atoms with Gasteiger partial charge in [-0.2, -0.15) is 0 Å². The first kappa shape index (κ1) is 19.1. The molecule has 0 saturated carbocycles. The van der Waals surface area contributed by atoms with Gasteiger partial charge in [0.1, 0.15) is 0 Å². The number of hydrogen-bond acceptors (Lipinski definition) is 4. The molecule has 0 aliphatic rings. The van der Waals surface area contributed by atoms with Gasteiger partial charge in [-0.05, 0) is 36.6 Å². The Morgan fingerprint density at radius 2 is 1.74 bits per heavy atom. The number of carboxylic acid groups (broad SMARTS) is 1. The third-order valence-corrected chi connectivity index (χ3v) is 4.55. The molecule has 0 heterocycles. The number of anilines is 1. The molecule has 0 spiro atoms. The van der Waals surface area contributed by atoms with Gasteiger partial charge >= 0.3 is 5.97 Å². The Kier molecular flexibility index (Phi) is 6.71. The van der Waals surface area contributed by atoms with Crippen LogP contribution in [0.4, 0.5) is 5.69 Å². The van der Waals surface area contributed by atoms with E-state index >= 15 is 0 Å². The van der Waals surface area contributed by atoms with Gasteiger partial charge in [-0.3, -0.25) is 9.59 Å². The minimum absolute atomic E-state index is 0.0142. The minimum atomic E-state index is -3.80. The Morgan fingerprint density at radius 3 is 2.17 bits per heavy atom. The standard InChI is InChI=1S/C15H22N2O5S/c1-10(2)8-12(15(19)20)9-16-23(21,22)14-6-4-13(5-7-14)17-11(3)18/h4-7,10,12,16H,8-9H2,1-3H3,(H,17,18)(H,19,20). The number of carboxylic acids is 1. The van der Waals surface area contributed by atoms with Crippen molar-refractivity contribution in [2.45, 2.75) is 32.1 Å².